The van der Waals surface area contributed by atoms with Crippen molar-refractivity contribution in [3.63, 3.8) is 0 Å². The largest absolute Gasteiger partial charge is 0.472 e. The summed E-state index contributed by atoms with van der Waals surface area (Å²) in [5.74, 6) is 0.634. The Morgan fingerprint density at radius 1 is 1.12 bits per heavy atom. The molecule has 2 aromatic carbocycles. The van der Waals surface area contributed by atoms with Gasteiger partial charge in [0.25, 0.3) is 5.91 Å². The van der Waals surface area contributed by atoms with E-state index in [2.05, 4.69) is 20.9 Å². The number of fused-ring (bicyclic) bond motifs is 1. The van der Waals surface area contributed by atoms with Crippen LogP contribution >= 0.6 is 15.9 Å². The van der Waals surface area contributed by atoms with E-state index in [1.54, 1.807) is 6.20 Å². The summed E-state index contributed by atoms with van der Waals surface area (Å²) in [5.41, 5.74) is 0.748. The van der Waals surface area contributed by atoms with E-state index in [9.17, 15) is 4.79 Å². The summed E-state index contributed by atoms with van der Waals surface area (Å²) < 4.78 is 6.79. The van der Waals surface area contributed by atoms with Crippen LogP contribution in [0.3, 0.4) is 0 Å². The molecule has 0 N–H and O–H groups in total. The molecule has 3 aromatic rings. The van der Waals surface area contributed by atoms with Crippen LogP contribution in [0.5, 0.6) is 5.88 Å². The van der Waals surface area contributed by atoms with E-state index in [1.807, 2.05) is 59.5 Å². The third-order valence-electron chi connectivity index (χ3n) is 4.46. The minimum Gasteiger partial charge on any atom is -0.472 e. The summed E-state index contributed by atoms with van der Waals surface area (Å²) in [6.45, 7) is 1.27. The van der Waals surface area contributed by atoms with Crippen LogP contribution in [0.4, 0.5) is 0 Å². The summed E-state index contributed by atoms with van der Waals surface area (Å²) in [4.78, 5) is 19.1. The van der Waals surface area contributed by atoms with Crippen molar-refractivity contribution in [2.75, 3.05) is 13.1 Å². The highest BCUT2D eigenvalue weighted by Gasteiger charge is 2.29. The molecule has 5 heteroatoms. The van der Waals surface area contributed by atoms with E-state index < -0.39 is 0 Å². The topological polar surface area (TPSA) is 42.4 Å². The minimum atomic E-state index is -0.0369. The van der Waals surface area contributed by atoms with Gasteiger partial charge in [-0.05, 0) is 44.9 Å². The number of hydrogen-bond acceptors (Lipinski definition) is 3. The van der Waals surface area contributed by atoms with Crippen molar-refractivity contribution in [3.05, 3.63) is 70.8 Å². The lowest BCUT2D eigenvalue weighted by atomic mass is 10.0. The predicted molar refractivity (Wildman–Crippen MR) is 101 cm³/mol. The summed E-state index contributed by atoms with van der Waals surface area (Å²) in [6.07, 6.45) is 2.47. The summed E-state index contributed by atoms with van der Waals surface area (Å²) >= 11 is 3.44. The number of carbonyl (C=O) groups is 1. The van der Waals surface area contributed by atoms with E-state index in [0.29, 0.717) is 19.0 Å². The molecule has 1 amide bonds. The number of hydrogen-bond donors (Lipinski definition) is 0. The second kappa shape index (κ2) is 6.84. The fourth-order valence-electron chi connectivity index (χ4n) is 3.21. The van der Waals surface area contributed by atoms with E-state index in [1.165, 1.54) is 0 Å². The number of rotatable bonds is 3. The molecule has 1 aliphatic rings. The average Bonchev–Trinajstić information content (AvgIpc) is 3.11. The molecular formula is C20H17BrN2O2. The van der Waals surface area contributed by atoms with Crippen molar-refractivity contribution < 1.29 is 9.53 Å². The normalized spacial score (nSPS) is 17.0. The lowest BCUT2D eigenvalue weighted by Gasteiger charge is -2.18. The second-order valence-electron chi connectivity index (χ2n) is 6.10. The van der Waals surface area contributed by atoms with Gasteiger partial charge in [0.15, 0.2) is 0 Å². The summed E-state index contributed by atoms with van der Waals surface area (Å²) in [5, 5.41) is 2.07. The Kier molecular flexibility index (Phi) is 4.40. The molecule has 0 spiro atoms. The van der Waals surface area contributed by atoms with E-state index in [0.717, 1.165) is 27.2 Å². The van der Waals surface area contributed by atoms with Gasteiger partial charge < -0.3 is 9.64 Å². The molecule has 1 unspecified atom stereocenters. The van der Waals surface area contributed by atoms with Crippen LogP contribution in [0.15, 0.2) is 65.3 Å². The van der Waals surface area contributed by atoms with Gasteiger partial charge in [0.2, 0.25) is 5.88 Å². The third-order valence-corrected chi connectivity index (χ3v) is 5.06. The highest BCUT2D eigenvalue weighted by atomic mass is 79.9. The maximum atomic E-state index is 13.0. The number of halogens is 1. The third kappa shape index (κ3) is 3.24. The zero-order valence-electron chi connectivity index (χ0n) is 13.6. The van der Waals surface area contributed by atoms with Crippen molar-refractivity contribution in [2.24, 2.45) is 0 Å². The fourth-order valence-corrected chi connectivity index (χ4v) is 3.56. The maximum Gasteiger partial charge on any atom is 0.254 e. The molecule has 0 saturated carbocycles. The average molecular weight is 397 g/mol. The van der Waals surface area contributed by atoms with Gasteiger partial charge in [0.05, 0.1) is 11.0 Å². The van der Waals surface area contributed by atoms with Crippen molar-refractivity contribution >= 4 is 32.6 Å². The van der Waals surface area contributed by atoms with Gasteiger partial charge in [0.1, 0.15) is 6.10 Å². The minimum absolute atomic E-state index is 0.0369. The van der Waals surface area contributed by atoms with Crippen LogP contribution in [0, 0.1) is 0 Å². The van der Waals surface area contributed by atoms with E-state index in [-0.39, 0.29) is 12.0 Å². The van der Waals surface area contributed by atoms with Crippen LogP contribution in [-0.2, 0) is 0 Å². The number of aromatic nitrogens is 1. The first-order chi connectivity index (χ1) is 12.2. The van der Waals surface area contributed by atoms with Crippen molar-refractivity contribution in [1.82, 2.24) is 9.88 Å². The lowest BCUT2D eigenvalue weighted by molar-refractivity contribution is 0.0773. The van der Waals surface area contributed by atoms with Gasteiger partial charge in [-0.15, -0.1) is 0 Å². The Morgan fingerprint density at radius 3 is 2.84 bits per heavy atom. The quantitative estimate of drug-likeness (QED) is 0.662. The predicted octanol–water partition coefficient (Wildman–Crippen LogP) is 4.29. The lowest BCUT2D eigenvalue weighted by Crippen LogP contribution is -2.31. The number of pyridine rings is 1. The molecule has 1 atom stereocenters. The van der Waals surface area contributed by atoms with Gasteiger partial charge in [-0.3, -0.25) is 4.79 Å². The van der Waals surface area contributed by atoms with Crippen molar-refractivity contribution in [3.8, 4) is 5.88 Å². The molecule has 0 bridgehead atoms. The SMILES string of the molecule is O=C(c1cccc2ccccc12)N1CCC(Oc2ncccc2Br)C1. The van der Waals surface area contributed by atoms with Gasteiger partial charge in [-0.2, -0.15) is 0 Å². The molecule has 4 nitrogen and oxygen atoms in total. The number of carbonyl (C=O) groups excluding carboxylic acids is 1. The standard InChI is InChI=1S/C20H17BrN2O2/c21-18-9-4-11-22-19(18)25-15-10-12-23(13-15)20(24)17-8-3-6-14-5-1-2-7-16(14)17/h1-9,11,15H,10,12-13H2. The smallest absolute Gasteiger partial charge is 0.254 e. The zero-order valence-corrected chi connectivity index (χ0v) is 15.1. The number of benzene rings is 2. The number of likely N-dealkylation sites (tertiary alicyclic amines) is 1. The summed E-state index contributed by atoms with van der Waals surface area (Å²) in [6, 6.07) is 17.6. The van der Waals surface area contributed by atoms with Crippen LogP contribution < -0.4 is 4.74 Å². The molecule has 0 aliphatic carbocycles. The Bertz CT molecular complexity index is 923. The highest BCUT2D eigenvalue weighted by molar-refractivity contribution is 9.10. The number of nitrogens with zero attached hydrogens (tertiary/aromatic N) is 2. The molecule has 1 fully saturated rings. The molecule has 126 valence electrons. The first-order valence-electron chi connectivity index (χ1n) is 8.26. The molecule has 4 rings (SSSR count). The Balaban J connectivity index is 1.51. The van der Waals surface area contributed by atoms with Crippen molar-refractivity contribution in [1.29, 1.82) is 0 Å². The molecule has 1 aliphatic heterocycles. The molecule has 2 heterocycles. The Morgan fingerprint density at radius 2 is 1.96 bits per heavy atom. The van der Waals surface area contributed by atoms with Gasteiger partial charge in [0, 0.05) is 24.7 Å². The van der Waals surface area contributed by atoms with Crippen LogP contribution in [0.25, 0.3) is 10.8 Å². The van der Waals surface area contributed by atoms with Crippen LogP contribution in [-0.4, -0.2) is 35.0 Å². The maximum absolute atomic E-state index is 13.0. The first-order valence-corrected chi connectivity index (χ1v) is 9.06. The zero-order chi connectivity index (χ0) is 17.2. The van der Waals surface area contributed by atoms with Crippen molar-refractivity contribution in [2.45, 2.75) is 12.5 Å². The Labute approximate surface area is 154 Å². The Hall–Kier alpha value is -2.40. The van der Waals surface area contributed by atoms with Gasteiger partial charge in [-0.25, -0.2) is 4.98 Å². The van der Waals surface area contributed by atoms with E-state index >= 15 is 0 Å². The fraction of sp³-hybridized carbons (Fsp3) is 0.200. The number of ether oxygens (including phenoxy) is 1. The monoisotopic (exact) mass is 396 g/mol. The first kappa shape index (κ1) is 16.1. The summed E-state index contributed by atoms with van der Waals surface area (Å²) in [7, 11) is 0. The number of amides is 1. The molecule has 0 radical (unpaired) electrons. The molecular weight excluding hydrogens is 380 g/mol. The van der Waals surface area contributed by atoms with Crippen LogP contribution in [0.1, 0.15) is 16.8 Å². The van der Waals surface area contributed by atoms with Crippen LogP contribution in [0.2, 0.25) is 0 Å². The molecule has 1 aromatic heterocycles. The molecule has 1 saturated heterocycles. The van der Waals surface area contributed by atoms with Gasteiger partial charge >= 0.3 is 0 Å². The van der Waals surface area contributed by atoms with E-state index in [4.69, 9.17) is 4.74 Å². The second-order valence-corrected chi connectivity index (χ2v) is 6.95. The van der Waals surface area contributed by atoms with Gasteiger partial charge in [-0.1, -0.05) is 36.4 Å². The molecule has 25 heavy (non-hydrogen) atoms. The highest BCUT2D eigenvalue weighted by Crippen LogP contribution is 2.26.